The van der Waals surface area contributed by atoms with Crippen molar-refractivity contribution in [3.63, 3.8) is 0 Å². The second-order valence-corrected chi connectivity index (χ2v) is 7.48. The zero-order valence-electron chi connectivity index (χ0n) is 48.1. The van der Waals surface area contributed by atoms with Crippen molar-refractivity contribution in [2.75, 3.05) is 0 Å². The Balaban J connectivity index is -0.0000000293. The van der Waals surface area contributed by atoms with Gasteiger partial charge in [-0.1, -0.05) is 241 Å². The largest absolute Gasteiger partial charge is 2.00 e. The van der Waals surface area contributed by atoms with E-state index < -0.39 is 0 Å². The predicted molar refractivity (Wildman–Crippen MR) is 303 cm³/mol. The summed E-state index contributed by atoms with van der Waals surface area (Å²) in [6, 6.07) is 41.8. The third-order valence-electron chi connectivity index (χ3n) is 4.86. The molecule has 0 saturated heterocycles. The van der Waals surface area contributed by atoms with Gasteiger partial charge in [0.2, 0.25) is 0 Å². The van der Waals surface area contributed by atoms with Crippen molar-refractivity contribution in [1.82, 2.24) is 0 Å². The normalized spacial score (nSPS) is 6.86. The number of fused-ring (bicyclic) bond motifs is 1. The van der Waals surface area contributed by atoms with E-state index >= 15 is 0 Å². The van der Waals surface area contributed by atoms with Gasteiger partial charge in [0.25, 0.3) is 0 Å². The molecule has 0 nitrogen and oxygen atoms in total. The SMILES string of the molecule is CC.CC.CC.CC.CC.CC.CC.CC.CC.CC.CC.CC.CC.[CH-]=CC=[CH-].[CH-]=Cc1[c-]cccc1.[CH-]=Cc1[c-]cccc1.[W+2].[W+2].[W+2].c1ccc2c(c1)CCCC2.c1ccccc1. The van der Waals surface area contributed by atoms with Gasteiger partial charge in [0, 0.05) is 0 Å². The summed E-state index contributed by atoms with van der Waals surface area (Å²) in [5.41, 5.74) is 5.03. The minimum atomic E-state index is 0. The molecule has 0 heterocycles. The summed E-state index contributed by atoms with van der Waals surface area (Å²) in [6.45, 7) is 71.8. The van der Waals surface area contributed by atoms with Gasteiger partial charge in [-0.25, -0.2) is 24.3 Å². The molecule has 4 aromatic rings. The summed E-state index contributed by atoms with van der Waals surface area (Å²) in [5.74, 6) is 0. The van der Waals surface area contributed by atoms with Crippen LogP contribution < -0.4 is 0 Å². The van der Waals surface area contributed by atoms with Gasteiger partial charge < -0.3 is 61.7 Å². The van der Waals surface area contributed by atoms with E-state index in [0.29, 0.717) is 0 Å². The maximum absolute atomic E-state index is 5.19. The van der Waals surface area contributed by atoms with Crippen LogP contribution in [0.4, 0.5) is 0 Å². The second kappa shape index (κ2) is 160. The molecule has 0 fully saturated rings. The molecule has 3 heteroatoms. The average Bonchev–Trinajstić information content (AvgIpc) is 3.45. The molecule has 0 radical (unpaired) electrons. The molecule has 0 spiro atoms. The minimum Gasteiger partial charge on any atom is -0.394 e. The molecule has 0 bridgehead atoms. The van der Waals surface area contributed by atoms with Crippen molar-refractivity contribution in [2.45, 2.75) is 206 Å². The molecule has 0 unspecified atom stereocenters. The summed E-state index contributed by atoms with van der Waals surface area (Å²) in [7, 11) is 0. The first kappa shape index (κ1) is 110. The summed E-state index contributed by atoms with van der Waals surface area (Å²) in [6.07, 6.45) is 11.0. The van der Waals surface area contributed by atoms with Crippen LogP contribution in [-0.4, -0.2) is 0 Å². The van der Waals surface area contributed by atoms with E-state index in [-0.39, 0.29) is 63.2 Å². The van der Waals surface area contributed by atoms with Crippen molar-refractivity contribution >= 4 is 12.2 Å². The van der Waals surface area contributed by atoms with E-state index in [4.69, 9.17) is 26.3 Å². The van der Waals surface area contributed by atoms with Crippen LogP contribution in [0.15, 0.2) is 121 Å². The van der Waals surface area contributed by atoms with Crippen LogP contribution in [0, 0.1) is 38.4 Å². The first-order valence-corrected chi connectivity index (χ1v) is 24.9. The topological polar surface area (TPSA) is 0 Å². The van der Waals surface area contributed by atoms with E-state index in [1.807, 2.05) is 265 Å². The Bertz CT molecular complexity index is 993. The first-order chi connectivity index (χ1) is 30.7. The number of aryl methyl sites for hydroxylation is 2. The van der Waals surface area contributed by atoms with E-state index in [2.05, 4.69) is 36.4 Å². The van der Waals surface area contributed by atoms with Crippen molar-refractivity contribution < 1.29 is 63.2 Å². The van der Waals surface area contributed by atoms with Crippen molar-refractivity contribution in [3.8, 4) is 0 Å². The zero-order valence-corrected chi connectivity index (χ0v) is 56.9. The van der Waals surface area contributed by atoms with E-state index in [9.17, 15) is 0 Å². The van der Waals surface area contributed by atoms with Gasteiger partial charge in [0.05, 0.1) is 0 Å². The van der Waals surface area contributed by atoms with Crippen LogP contribution in [0.5, 0.6) is 0 Å². The summed E-state index contributed by atoms with van der Waals surface area (Å²) in [4.78, 5) is 0. The first-order valence-electron chi connectivity index (χ1n) is 24.9. The second-order valence-electron chi connectivity index (χ2n) is 7.48. The van der Waals surface area contributed by atoms with Crippen LogP contribution in [0.3, 0.4) is 0 Å². The monoisotopic (exact) mass is 1410 g/mol. The number of hydrogen-bond donors (Lipinski definition) is 0. The number of hydrogen-bond acceptors (Lipinski definition) is 0. The zero-order chi connectivity index (χ0) is 52.1. The molecule has 4 aromatic carbocycles. The van der Waals surface area contributed by atoms with Crippen LogP contribution in [0.2, 0.25) is 0 Å². The maximum atomic E-state index is 5.19. The Labute approximate surface area is 459 Å². The molecule has 0 aliphatic heterocycles. The standard InChI is InChI=1S/C10H12.2C8H6.C6H6.C4H4.13C2H6.3W/c1-2-6-10-8-4-3-7-9(10)5-1;2*1-2-8-6-4-3-5-7-8;1-2-4-6-5-3-1;1-3-4-2;13*1-2;;;/h1-2,5-6H,3-4,7-8H2;2*1-6H;1-6H;1-4H;13*1-2H3;;;/q;2*-2;;-2;;;;;;;;;;;;;;3*+2. The molecule has 0 N–H and O–H groups in total. The molecule has 65 heavy (non-hydrogen) atoms. The maximum Gasteiger partial charge on any atom is 2.00 e. The summed E-state index contributed by atoms with van der Waals surface area (Å²) in [5, 5.41) is 0. The fraction of sp³-hybridized carbons (Fsp3) is 0.484. The molecule has 1 aliphatic carbocycles. The number of allylic oxidation sites excluding steroid dienone is 2. The van der Waals surface area contributed by atoms with E-state index in [1.165, 1.54) is 50.0 Å². The van der Waals surface area contributed by atoms with Crippen LogP contribution in [0.25, 0.3) is 12.2 Å². The molecule has 0 aromatic heterocycles. The quantitative estimate of drug-likeness (QED) is 0.142. The Morgan fingerprint density at radius 3 is 0.646 bits per heavy atom. The molecular formula is C62H112W3. The Morgan fingerprint density at radius 2 is 0.508 bits per heavy atom. The molecule has 0 atom stereocenters. The van der Waals surface area contributed by atoms with Gasteiger partial charge >= 0.3 is 63.2 Å². The smallest absolute Gasteiger partial charge is 0.394 e. The minimum absolute atomic E-state index is 0. The number of benzene rings is 4. The molecule has 0 saturated carbocycles. The molecule has 378 valence electrons. The van der Waals surface area contributed by atoms with Gasteiger partial charge in [0.1, 0.15) is 0 Å². The fourth-order valence-corrected chi connectivity index (χ4v) is 3.08. The average molecular weight is 1410 g/mol. The van der Waals surface area contributed by atoms with E-state index in [1.54, 1.807) is 11.1 Å². The van der Waals surface area contributed by atoms with Crippen molar-refractivity contribution in [2.24, 2.45) is 0 Å². The Kier molecular flexibility index (Phi) is 269. The van der Waals surface area contributed by atoms with Gasteiger partial charge in [-0.2, -0.15) is 24.3 Å². The Hall–Kier alpha value is -2.10. The fourth-order valence-electron chi connectivity index (χ4n) is 3.08. The van der Waals surface area contributed by atoms with Gasteiger partial charge in [-0.3, -0.25) is 0 Å². The molecule has 1 aliphatic rings. The van der Waals surface area contributed by atoms with Crippen molar-refractivity contribution in [3.05, 3.63) is 182 Å². The van der Waals surface area contributed by atoms with Gasteiger partial charge in [-0.15, -0.1) is 12.1 Å². The molecular weight excluding hydrogens is 1300 g/mol. The molecule has 5 rings (SSSR count). The third kappa shape index (κ3) is 121. The van der Waals surface area contributed by atoms with Gasteiger partial charge in [0.15, 0.2) is 0 Å². The van der Waals surface area contributed by atoms with Gasteiger partial charge in [-0.05, 0) is 36.8 Å². The van der Waals surface area contributed by atoms with Crippen molar-refractivity contribution in [1.29, 1.82) is 0 Å². The number of rotatable bonds is 3. The van der Waals surface area contributed by atoms with Crippen LogP contribution in [0.1, 0.15) is 215 Å². The van der Waals surface area contributed by atoms with Crippen LogP contribution >= 0.6 is 0 Å². The Morgan fingerprint density at radius 1 is 0.308 bits per heavy atom. The third-order valence-corrected chi connectivity index (χ3v) is 4.86. The van der Waals surface area contributed by atoms with E-state index in [0.717, 1.165) is 11.1 Å². The summed E-state index contributed by atoms with van der Waals surface area (Å²) < 4.78 is 0. The summed E-state index contributed by atoms with van der Waals surface area (Å²) >= 11 is 0. The predicted octanol–water partition coefficient (Wildman–Crippen LogP) is 22.4. The molecule has 0 amide bonds. The van der Waals surface area contributed by atoms with Crippen LogP contribution in [-0.2, 0) is 76.0 Å².